The Morgan fingerprint density at radius 3 is 3.14 bits per heavy atom. The van der Waals surface area contributed by atoms with Gasteiger partial charge in [0.2, 0.25) is 0 Å². The summed E-state index contributed by atoms with van der Waals surface area (Å²) in [4.78, 5) is 10.8. The molecule has 0 aliphatic rings. The number of esters is 1. The van der Waals surface area contributed by atoms with Crippen LogP contribution in [0.1, 0.15) is 6.42 Å². The SMILES string of the molecule is COC(=O)C[C@@H](O)CSc1cccs1. The Bertz CT molecular complexity index is 272. The number of rotatable bonds is 5. The van der Waals surface area contributed by atoms with Crippen molar-refractivity contribution in [2.75, 3.05) is 12.9 Å². The number of thioether (sulfide) groups is 1. The van der Waals surface area contributed by atoms with E-state index in [9.17, 15) is 9.90 Å². The van der Waals surface area contributed by atoms with Crippen molar-refractivity contribution in [1.82, 2.24) is 0 Å². The van der Waals surface area contributed by atoms with Gasteiger partial charge in [0.05, 0.1) is 23.8 Å². The number of aliphatic hydroxyl groups excluding tert-OH is 1. The summed E-state index contributed by atoms with van der Waals surface area (Å²) < 4.78 is 5.60. The molecule has 0 aliphatic heterocycles. The Kier molecular flexibility index (Phi) is 5.00. The lowest BCUT2D eigenvalue weighted by molar-refractivity contribution is -0.142. The van der Waals surface area contributed by atoms with Crippen LogP contribution in [0.25, 0.3) is 0 Å². The third-order valence-electron chi connectivity index (χ3n) is 1.54. The summed E-state index contributed by atoms with van der Waals surface area (Å²) in [5, 5.41) is 11.4. The molecule has 1 atom stereocenters. The molecular weight excluding hydrogens is 220 g/mol. The molecule has 0 fully saturated rings. The number of aliphatic hydroxyl groups is 1. The van der Waals surface area contributed by atoms with Crippen LogP contribution in [0.15, 0.2) is 21.7 Å². The third kappa shape index (κ3) is 4.13. The highest BCUT2D eigenvalue weighted by atomic mass is 32.2. The van der Waals surface area contributed by atoms with Crippen LogP contribution >= 0.6 is 23.1 Å². The van der Waals surface area contributed by atoms with E-state index >= 15 is 0 Å². The van der Waals surface area contributed by atoms with Crippen molar-refractivity contribution in [2.45, 2.75) is 16.7 Å². The van der Waals surface area contributed by atoms with Gasteiger partial charge >= 0.3 is 5.97 Å². The number of carbonyl (C=O) groups is 1. The number of methoxy groups -OCH3 is 1. The monoisotopic (exact) mass is 232 g/mol. The second kappa shape index (κ2) is 6.06. The first-order valence-corrected chi connectivity index (χ1v) is 6.00. The fourth-order valence-electron chi connectivity index (χ4n) is 0.859. The Hall–Kier alpha value is -0.520. The van der Waals surface area contributed by atoms with Gasteiger partial charge in [0.1, 0.15) is 0 Å². The summed E-state index contributed by atoms with van der Waals surface area (Å²) in [6.45, 7) is 0. The fraction of sp³-hybridized carbons (Fsp3) is 0.444. The van der Waals surface area contributed by atoms with Crippen LogP contribution in [0.3, 0.4) is 0 Å². The molecule has 78 valence electrons. The van der Waals surface area contributed by atoms with E-state index in [2.05, 4.69) is 4.74 Å². The third-order valence-corrected chi connectivity index (χ3v) is 3.82. The van der Waals surface area contributed by atoms with Crippen LogP contribution in [-0.2, 0) is 9.53 Å². The molecular formula is C9H12O3S2. The highest BCUT2D eigenvalue weighted by Crippen LogP contribution is 2.24. The molecule has 0 aliphatic carbocycles. The highest BCUT2D eigenvalue weighted by molar-refractivity contribution is 8.01. The average molecular weight is 232 g/mol. The number of hydrogen-bond donors (Lipinski definition) is 1. The lowest BCUT2D eigenvalue weighted by Gasteiger charge is -2.07. The van der Waals surface area contributed by atoms with Crippen molar-refractivity contribution in [3.8, 4) is 0 Å². The van der Waals surface area contributed by atoms with Gasteiger partial charge in [-0.15, -0.1) is 23.1 Å². The van der Waals surface area contributed by atoms with Gasteiger partial charge in [-0.3, -0.25) is 4.79 Å². The minimum atomic E-state index is -0.630. The number of hydrogen-bond acceptors (Lipinski definition) is 5. The van der Waals surface area contributed by atoms with Crippen molar-refractivity contribution >= 4 is 29.1 Å². The van der Waals surface area contributed by atoms with E-state index in [0.717, 1.165) is 4.21 Å². The highest BCUT2D eigenvalue weighted by Gasteiger charge is 2.11. The molecule has 1 N–H and O–H groups in total. The molecule has 1 rings (SSSR count). The first-order chi connectivity index (χ1) is 6.72. The van der Waals surface area contributed by atoms with E-state index in [1.54, 1.807) is 23.1 Å². The summed E-state index contributed by atoms with van der Waals surface area (Å²) in [7, 11) is 1.32. The topological polar surface area (TPSA) is 46.5 Å². The van der Waals surface area contributed by atoms with Gasteiger partial charge in [0.25, 0.3) is 0 Å². The van der Waals surface area contributed by atoms with Gasteiger partial charge < -0.3 is 9.84 Å². The summed E-state index contributed by atoms with van der Waals surface area (Å²) >= 11 is 3.17. The van der Waals surface area contributed by atoms with Crippen LogP contribution < -0.4 is 0 Å². The average Bonchev–Trinajstić information content (AvgIpc) is 2.67. The van der Waals surface area contributed by atoms with Crippen molar-refractivity contribution in [3.63, 3.8) is 0 Å². The van der Waals surface area contributed by atoms with Crippen LogP contribution in [0.2, 0.25) is 0 Å². The zero-order chi connectivity index (χ0) is 10.4. The van der Waals surface area contributed by atoms with Crippen LogP contribution in [-0.4, -0.2) is 30.0 Å². The van der Waals surface area contributed by atoms with Gasteiger partial charge in [-0.05, 0) is 11.4 Å². The second-order valence-corrected chi connectivity index (χ2v) is 4.95. The van der Waals surface area contributed by atoms with Crippen molar-refractivity contribution < 1.29 is 14.6 Å². The standard InChI is InChI=1S/C9H12O3S2/c1-12-8(11)5-7(10)6-14-9-3-2-4-13-9/h2-4,7,10H,5-6H2,1H3/t7-/m1/s1. The molecule has 0 saturated carbocycles. The normalized spacial score (nSPS) is 12.4. The number of carbonyl (C=O) groups excluding carboxylic acids is 1. The van der Waals surface area contributed by atoms with E-state index in [1.807, 2.05) is 17.5 Å². The molecule has 1 heterocycles. The van der Waals surface area contributed by atoms with Crippen LogP contribution in [0.4, 0.5) is 0 Å². The summed E-state index contributed by atoms with van der Waals surface area (Å²) in [5.41, 5.74) is 0. The van der Waals surface area contributed by atoms with Crippen molar-refractivity contribution in [3.05, 3.63) is 17.5 Å². The Morgan fingerprint density at radius 1 is 1.79 bits per heavy atom. The smallest absolute Gasteiger partial charge is 0.308 e. The van der Waals surface area contributed by atoms with E-state index in [1.165, 1.54) is 7.11 Å². The van der Waals surface area contributed by atoms with Crippen molar-refractivity contribution in [1.29, 1.82) is 0 Å². The van der Waals surface area contributed by atoms with E-state index in [4.69, 9.17) is 0 Å². The first kappa shape index (κ1) is 11.6. The summed E-state index contributed by atoms with van der Waals surface area (Å²) in [6, 6.07) is 3.94. The molecule has 0 bridgehead atoms. The minimum Gasteiger partial charge on any atom is -0.469 e. The predicted molar refractivity (Wildman–Crippen MR) is 57.7 cm³/mol. The fourth-order valence-corrected chi connectivity index (χ4v) is 2.60. The summed E-state index contributed by atoms with van der Waals surface area (Å²) in [6.07, 6.45) is -0.566. The lowest BCUT2D eigenvalue weighted by Crippen LogP contribution is -2.16. The molecule has 1 aromatic heterocycles. The Balaban J connectivity index is 2.21. The Labute approximate surface area is 91.1 Å². The van der Waals surface area contributed by atoms with Gasteiger partial charge in [-0.1, -0.05) is 6.07 Å². The molecule has 3 nitrogen and oxygen atoms in total. The molecule has 0 unspecified atom stereocenters. The Morgan fingerprint density at radius 2 is 2.57 bits per heavy atom. The van der Waals surface area contributed by atoms with E-state index < -0.39 is 6.10 Å². The molecule has 0 spiro atoms. The molecule has 0 amide bonds. The lowest BCUT2D eigenvalue weighted by atomic mass is 10.3. The zero-order valence-electron chi connectivity index (χ0n) is 7.80. The second-order valence-electron chi connectivity index (χ2n) is 2.68. The molecule has 0 radical (unpaired) electrons. The molecule has 5 heteroatoms. The largest absolute Gasteiger partial charge is 0.469 e. The van der Waals surface area contributed by atoms with Gasteiger partial charge in [0, 0.05) is 5.75 Å². The maximum Gasteiger partial charge on any atom is 0.308 e. The first-order valence-electron chi connectivity index (χ1n) is 4.13. The summed E-state index contributed by atoms with van der Waals surface area (Å²) in [5.74, 6) is 0.152. The minimum absolute atomic E-state index is 0.0644. The predicted octanol–water partition coefficient (Wildman–Crippen LogP) is 1.76. The molecule has 0 saturated heterocycles. The van der Waals surface area contributed by atoms with E-state index in [-0.39, 0.29) is 12.4 Å². The molecule has 1 aromatic rings. The van der Waals surface area contributed by atoms with Crippen LogP contribution in [0, 0.1) is 0 Å². The number of thiophene rings is 1. The quantitative estimate of drug-likeness (QED) is 0.621. The maximum atomic E-state index is 10.8. The van der Waals surface area contributed by atoms with E-state index in [0.29, 0.717) is 5.75 Å². The van der Waals surface area contributed by atoms with Gasteiger partial charge in [0.15, 0.2) is 0 Å². The number of ether oxygens (including phenoxy) is 1. The zero-order valence-corrected chi connectivity index (χ0v) is 9.44. The van der Waals surface area contributed by atoms with Crippen molar-refractivity contribution in [2.24, 2.45) is 0 Å². The van der Waals surface area contributed by atoms with Crippen LogP contribution in [0.5, 0.6) is 0 Å². The van der Waals surface area contributed by atoms with Gasteiger partial charge in [-0.2, -0.15) is 0 Å². The maximum absolute atomic E-state index is 10.8. The molecule has 14 heavy (non-hydrogen) atoms. The molecule has 0 aromatic carbocycles. The van der Waals surface area contributed by atoms with Gasteiger partial charge in [-0.25, -0.2) is 0 Å².